The Labute approximate surface area is 129 Å². The second-order valence-electron chi connectivity index (χ2n) is 4.94. The Morgan fingerprint density at radius 3 is 2.27 bits per heavy atom. The fraction of sp³-hybridized carbons (Fsp3) is 0.105. The van der Waals surface area contributed by atoms with E-state index in [1.54, 1.807) is 0 Å². The molecule has 0 N–H and O–H groups in total. The van der Waals surface area contributed by atoms with Crippen LogP contribution in [-0.2, 0) is 9.53 Å². The first-order valence-electron chi connectivity index (χ1n) is 7.06. The van der Waals surface area contributed by atoms with Crippen LogP contribution in [0.25, 0.3) is 10.8 Å². The van der Waals surface area contributed by atoms with Gasteiger partial charge in [0.15, 0.2) is 0 Å². The second-order valence-corrected chi connectivity index (χ2v) is 4.94. The average Bonchev–Trinajstić information content (AvgIpc) is 2.59. The van der Waals surface area contributed by atoms with Gasteiger partial charge in [0.05, 0.1) is 7.11 Å². The molecule has 3 heteroatoms. The van der Waals surface area contributed by atoms with Crippen LogP contribution in [0.1, 0.15) is 11.7 Å². The van der Waals surface area contributed by atoms with E-state index in [1.165, 1.54) is 7.11 Å². The molecule has 0 saturated heterocycles. The molecular formula is C19H16O3. The van der Waals surface area contributed by atoms with E-state index in [-0.39, 0.29) is 0 Å². The lowest BCUT2D eigenvalue weighted by Gasteiger charge is -2.17. The number of ether oxygens (including phenoxy) is 2. The Balaban J connectivity index is 1.93. The topological polar surface area (TPSA) is 35.5 Å². The number of benzene rings is 3. The molecule has 0 aliphatic heterocycles. The van der Waals surface area contributed by atoms with E-state index in [1.807, 2.05) is 72.8 Å². The van der Waals surface area contributed by atoms with Crippen molar-refractivity contribution >= 4 is 16.7 Å². The van der Waals surface area contributed by atoms with Gasteiger partial charge in [-0.1, -0.05) is 60.7 Å². The van der Waals surface area contributed by atoms with E-state index in [9.17, 15) is 4.79 Å². The highest BCUT2D eigenvalue weighted by molar-refractivity contribution is 5.84. The van der Waals surface area contributed by atoms with Crippen molar-refractivity contribution in [1.82, 2.24) is 0 Å². The smallest absolute Gasteiger partial charge is 0.351 e. The van der Waals surface area contributed by atoms with Gasteiger partial charge >= 0.3 is 5.97 Å². The van der Waals surface area contributed by atoms with Crippen molar-refractivity contribution in [2.24, 2.45) is 0 Å². The number of hydrogen-bond donors (Lipinski definition) is 0. The van der Waals surface area contributed by atoms with E-state index in [2.05, 4.69) is 0 Å². The maximum absolute atomic E-state index is 12.0. The SMILES string of the molecule is COC(=O)C(Oc1ccc2ccccc2c1)c1ccccc1. The van der Waals surface area contributed by atoms with E-state index in [0.29, 0.717) is 5.75 Å². The number of esters is 1. The van der Waals surface area contributed by atoms with Gasteiger partial charge in [-0.15, -0.1) is 0 Å². The molecule has 22 heavy (non-hydrogen) atoms. The van der Waals surface area contributed by atoms with E-state index in [0.717, 1.165) is 16.3 Å². The van der Waals surface area contributed by atoms with Crippen LogP contribution in [0.5, 0.6) is 5.75 Å². The summed E-state index contributed by atoms with van der Waals surface area (Å²) in [7, 11) is 1.36. The van der Waals surface area contributed by atoms with E-state index in [4.69, 9.17) is 9.47 Å². The highest BCUT2D eigenvalue weighted by Crippen LogP contribution is 2.26. The standard InChI is InChI=1S/C19H16O3/c1-21-19(20)18(15-8-3-2-4-9-15)22-17-12-11-14-7-5-6-10-16(14)13-17/h2-13,18H,1H3. The summed E-state index contributed by atoms with van der Waals surface area (Å²) in [5.74, 6) is 0.220. The molecule has 0 fully saturated rings. The summed E-state index contributed by atoms with van der Waals surface area (Å²) < 4.78 is 10.7. The number of carbonyl (C=O) groups excluding carboxylic acids is 1. The van der Waals surface area contributed by atoms with Gasteiger partial charge in [0.1, 0.15) is 5.75 Å². The Bertz CT molecular complexity index is 781. The molecule has 3 rings (SSSR count). The molecule has 0 aliphatic carbocycles. The Hall–Kier alpha value is -2.81. The zero-order chi connectivity index (χ0) is 15.4. The fourth-order valence-corrected chi connectivity index (χ4v) is 2.36. The fourth-order valence-electron chi connectivity index (χ4n) is 2.36. The lowest BCUT2D eigenvalue weighted by Crippen LogP contribution is -2.20. The van der Waals surface area contributed by atoms with Gasteiger partial charge in [-0.05, 0) is 22.9 Å². The summed E-state index contributed by atoms with van der Waals surface area (Å²) in [6.07, 6.45) is -0.771. The summed E-state index contributed by atoms with van der Waals surface area (Å²) in [6, 6.07) is 23.1. The molecule has 0 spiro atoms. The van der Waals surface area contributed by atoms with Crippen LogP contribution in [0.3, 0.4) is 0 Å². The van der Waals surface area contributed by atoms with Crippen molar-refractivity contribution in [3.05, 3.63) is 78.4 Å². The molecule has 0 amide bonds. The average molecular weight is 292 g/mol. The monoisotopic (exact) mass is 292 g/mol. The first kappa shape index (κ1) is 14.1. The number of carbonyl (C=O) groups is 1. The van der Waals surface area contributed by atoms with Crippen LogP contribution >= 0.6 is 0 Å². The molecule has 0 bridgehead atoms. The number of rotatable bonds is 4. The zero-order valence-corrected chi connectivity index (χ0v) is 12.2. The maximum Gasteiger partial charge on any atom is 0.351 e. The third-order valence-electron chi connectivity index (χ3n) is 3.49. The van der Waals surface area contributed by atoms with Crippen molar-refractivity contribution in [2.45, 2.75) is 6.10 Å². The molecule has 1 atom stereocenters. The van der Waals surface area contributed by atoms with Gasteiger partial charge in [-0.25, -0.2) is 4.79 Å². The predicted molar refractivity (Wildman–Crippen MR) is 85.8 cm³/mol. The maximum atomic E-state index is 12.0. The molecule has 3 aromatic carbocycles. The van der Waals surface area contributed by atoms with Crippen LogP contribution in [0.4, 0.5) is 0 Å². The van der Waals surface area contributed by atoms with Gasteiger partial charge < -0.3 is 9.47 Å². The molecule has 0 aromatic heterocycles. The van der Waals surface area contributed by atoms with E-state index < -0.39 is 12.1 Å². The zero-order valence-electron chi connectivity index (χ0n) is 12.2. The lowest BCUT2D eigenvalue weighted by atomic mass is 10.1. The summed E-state index contributed by atoms with van der Waals surface area (Å²) in [4.78, 5) is 12.0. The first-order valence-corrected chi connectivity index (χ1v) is 7.06. The molecular weight excluding hydrogens is 276 g/mol. The summed E-state index contributed by atoms with van der Waals surface area (Å²) in [6.45, 7) is 0. The third kappa shape index (κ3) is 2.93. The van der Waals surface area contributed by atoms with Gasteiger partial charge in [0.2, 0.25) is 6.10 Å². The molecule has 110 valence electrons. The van der Waals surface area contributed by atoms with Gasteiger partial charge in [-0.3, -0.25) is 0 Å². The number of hydrogen-bond acceptors (Lipinski definition) is 3. The van der Waals surface area contributed by atoms with Crippen molar-refractivity contribution in [1.29, 1.82) is 0 Å². The second kappa shape index (κ2) is 6.31. The Morgan fingerprint density at radius 2 is 1.55 bits per heavy atom. The molecule has 0 heterocycles. The molecule has 3 nitrogen and oxygen atoms in total. The van der Waals surface area contributed by atoms with Crippen molar-refractivity contribution in [2.75, 3.05) is 7.11 Å². The van der Waals surface area contributed by atoms with Crippen molar-refractivity contribution < 1.29 is 14.3 Å². The Kier molecular flexibility index (Phi) is 4.05. The molecule has 1 unspecified atom stereocenters. The minimum Gasteiger partial charge on any atom is -0.474 e. The van der Waals surface area contributed by atoms with Crippen molar-refractivity contribution in [3.63, 3.8) is 0 Å². The Morgan fingerprint density at radius 1 is 0.864 bits per heavy atom. The van der Waals surface area contributed by atoms with Gasteiger partial charge in [0.25, 0.3) is 0 Å². The third-order valence-corrected chi connectivity index (χ3v) is 3.49. The van der Waals surface area contributed by atoms with Crippen LogP contribution < -0.4 is 4.74 Å². The normalized spacial score (nSPS) is 11.9. The lowest BCUT2D eigenvalue weighted by molar-refractivity contribution is -0.149. The van der Waals surface area contributed by atoms with Crippen molar-refractivity contribution in [3.8, 4) is 5.75 Å². The van der Waals surface area contributed by atoms with E-state index >= 15 is 0 Å². The first-order chi connectivity index (χ1) is 10.8. The molecule has 0 aliphatic rings. The molecule has 0 saturated carbocycles. The van der Waals surface area contributed by atoms with Crippen LogP contribution in [0.2, 0.25) is 0 Å². The minimum absolute atomic E-state index is 0.417. The van der Waals surface area contributed by atoms with Gasteiger partial charge in [-0.2, -0.15) is 0 Å². The number of methoxy groups -OCH3 is 1. The highest BCUT2D eigenvalue weighted by Gasteiger charge is 2.23. The quantitative estimate of drug-likeness (QED) is 0.678. The highest BCUT2D eigenvalue weighted by atomic mass is 16.6. The van der Waals surface area contributed by atoms with Gasteiger partial charge in [0, 0.05) is 5.56 Å². The molecule has 0 radical (unpaired) electrons. The van der Waals surface area contributed by atoms with Crippen LogP contribution in [0.15, 0.2) is 72.8 Å². The minimum atomic E-state index is -0.771. The predicted octanol–water partition coefficient (Wildman–Crippen LogP) is 4.13. The summed E-state index contributed by atoms with van der Waals surface area (Å²) in [5.41, 5.74) is 0.766. The largest absolute Gasteiger partial charge is 0.474 e. The molecule has 3 aromatic rings. The summed E-state index contributed by atoms with van der Waals surface area (Å²) in [5, 5.41) is 2.20. The number of fused-ring (bicyclic) bond motifs is 1. The van der Waals surface area contributed by atoms with Crippen LogP contribution in [0, 0.1) is 0 Å². The van der Waals surface area contributed by atoms with Crippen LogP contribution in [-0.4, -0.2) is 13.1 Å². The summed E-state index contributed by atoms with van der Waals surface area (Å²) >= 11 is 0.